The predicted molar refractivity (Wildman–Crippen MR) is 174 cm³/mol. The van der Waals surface area contributed by atoms with Gasteiger partial charge in [0.2, 0.25) is 11.8 Å². The van der Waals surface area contributed by atoms with Crippen LogP contribution in [0.2, 0.25) is 0 Å². The largest absolute Gasteiger partial charge is 0.458 e. The molecule has 0 bridgehead atoms. The number of likely N-dealkylation sites (N-methyl/N-ethyl adjacent to an activating group) is 1. The zero-order valence-corrected chi connectivity index (χ0v) is 26.2. The summed E-state index contributed by atoms with van der Waals surface area (Å²) in [5.41, 5.74) is 4.14. The van der Waals surface area contributed by atoms with Crippen LogP contribution in [-0.2, 0) is 28.0 Å². The number of hydrogen-bond acceptors (Lipinski definition) is 7. The number of rotatable bonds is 9. The molecule has 9 nitrogen and oxygen atoms in total. The molecule has 234 valence electrons. The van der Waals surface area contributed by atoms with E-state index >= 15 is 0 Å². The Morgan fingerprint density at radius 2 is 1.91 bits per heavy atom. The molecule has 9 heteroatoms. The number of aromatic nitrogens is 1. The van der Waals surface area contributed by atoms with Crippen molar-refractivity contribution in [3.05, 3.63) is 76.6 Å². The van der Waals surface area contributed by atoms with E-state index in [1.54, 1.807) is 17.0 Å². The van der Waals surface area contributed by atoms with Crippen LogP contribution in [-0.4, -0.2) is 71.8 Å². The molecule has 7 rings (SSSR count). The third-order valence-corrected chi connectivity index (χ3v) is 9.98. The lowest BCUT2D eigenvalue weighted by molar-refractivity contribution is -0.132. The monoisotopic (exact) mass is 607 g/mol. The summed E-state index contributed by atoms with van der Waals surface area (Å²) >= 11 is 0. The smallest absolute Gasteiger partial charge is 0.255 e. The van der Waals surface area contributed by atoms with E-state index < -0.39 is 11.3 Å². The van der Waals surface area contributed by atoms with Crippen molar-refractivity contribution in [3.63, 3.8) is 0 Å². The average molecular weight is 608 g/mol. The van der Waals surface area contributed by atoms with Crippen LogP contribution in [0.1, 0.15) is 72.3 Å². The number of carbonyl (C=O) groups is 3. The van der Waals surface area contributed by atoms with E-state index in [9.17, 15) is 14.4 Å². The van der Waals surface area contributed by atoms with Gasteiger partial charge in [0.15, 0.2) is 5.58 Å². The summed E-state index contributed by atoms with van der Waals surface area (Å²) in [6.45, 7) is 13.2. The Bertz CT molecular complexity index is 1730. The molecule has 1 saturated heterocycles. The number of amides is 3. The SMILES string of the molecule is C=Cc1c(CCC2CC2)ccc2c1C(=O)N(CC1(c3cc4nc(N5CCN(CC)CC5)ccc4o3)C=C(C)CC(=O)NC1=O)C2. The Morgan fingerprint density at radius 3 is 2.64 bits per heavy atom. The van der Waals surface area contributed by atoms with Gasteiger partial charge in [-0.1, -0.05) is 56.2 Å². The fourth-order valence-corrected chi connectivity index (χ4v) is 7.23. The van der Waals surface area contributed by atoms with Gasteiger partial charge in [-0.3, -0.25) is 19.7 Å². The summed E-state index contributed by atoms with van der Waals surface area (Å²) in [6.07, 6.45) is 8.32. The van der Waals surface area contributed by atoms with Crippen LogP contribution in [0.3, 0.4) is 0 Å². The van der Waals surface area contributed by atoms with Crippen molar-refractivity contribution < 1.29 is 18.8 Å². The Hall–Kier alpha value is -4.24. The number of hydrogen-bond donors (Lipinski definition) is 1. The van der Waals surface area contributed by atoms with Crippen LogP contribution in [0.15, 0.2) is 53.0 Å². The Labute approximate surface area is 263 Å². The van der Waals surface area contributed by atoms with Gasteiger partial charge < -0.3 is 19.1 Å². The molecular weight excluding hydrogens is 566 g/mol. The van der Waals surface area contributed by atoms with Crippen molar-refractivity contribution in [2.45, 2.75) is 57.9 Å². The van der Waals surface area contributed by atoms with Crippen molar-refractivity contribution in [2.24, 2.45) is 5.92 Å². The molecule has 1 aliphatic carbocycles. The van der Waals surface area contributed by atoms with E-state index in [1.165, 1.54) is 12.8 Å². The minimum atomic E-state index is -1.41. The summed E-state index contributed by atoms with van der Waals surface area (Å²) < 4.78 is 6.38. The summed E-state index contributed by atoms with van der Waals surface area (Å²) in [5.74, 6) is 1.01. The lowest BCUT2D eigenvalue weighted by Gasteiger charge is -2.34. The van der Waals surface area contributed by atoms with Crippen molar-refractivity contribution in [3.8, 4) is 0 Å². The number of piperazine rings is 1. The number of nitrogens with zero attached hydrogens (tertiary/aromatic N) is 4. The number of imide groups is 1. The molecule has 5 heterocycles. The van der Waals surface area contributed by atoms with Crippen molar-refractivity contribution in [1.29, 1.82) is 0 Å². The summed E-state index contributed by atoms with van der Waals surface area (Å²) in [6, 6.07) is 9.82. The maximum atomic E-state index is 14.1. The second-order valence-corrected chi connectivity index (χ2v) is 13.1. The topological polar surface area (TPSA) is 99.0 Å². The Morgan fingerprint density at radius 1 is 1.11 bits per heavy atom. The molecule has 0 radical (unpaired) electrons. The molecule has 1 saturated carbocycles. The Balaban J connectivity index is 1.23. The summed E-state index contributed by atoms with van der Waals surface area (Å²) in [5, 5.41) is 2.58. The lowest BCUT2D eigenvalue weighted by atomic mass is 9.82. The normalized spacial score (nSPS) is 22.4. The molecule has 0 spiro atoms. The molecule has 3 aliphatic heterocycles. The average Bonchev–Trinajstić information content (AvgIpc) is 3.71. The van der Waals surface area contributed by atoms with Crippen molar-refractivity contribution >= 4 is 40.7 Å². The molecular formula is C36H41N5O4. The van der Waals surface area contributed by atoms with Crippen LogP contribution in [0.4, 0.5) is 5.82 Å². The molecule has 45 heavy (non-hydrogen) atoms. The number of benzene rings is 1. The van der Waals surface area contributed by atoms with Gasteiger partial charge in [-0.15, -0.1) is 0 Å². The fourth-order valence-electron chi connectivity index (χ4n) is 7.23. The van der Waals surface area contributed by atoms with Gasteiger partial charge in [-0.05, 0) is 61.1 Å². The quantitative estimate of drug-likeness (QED) is 0.275. The minimum absolute atomic E-state index is 0.0244. The molecule has 3 aromatic rings. The van der Waals surface area contributed by atoms with E-state index in [4.69, 9.17) is 9.40 Å². The molecule has 2 fully saturated rings. The van der Waals surface area contributed by atoms with Gasteiger partial charge in [0.05, 0.1) is 5.56 Å². The number of nitrogens with one attached hydrogen (secondary N) is 1. The third kappa shape index (κ3) is 5.47. The Kier molecular flexibility index (Phi) is 7.60. The highest BCUT2D eigenvalue weighted by Crippen LogP contribution is 2.39. The second-order valence-electron chi connectivity index (χ2n) is 13.1. The number of fused-ring (bicyclic) bond motifs is 2. The first kappa shape index (κ1) is 29.5. The van der Waals surface area contributed by atoms with Crippen LogP contribution < -0.4 is 10.2 Å². The van der Waals surface area contributed by atoms with Gasteiger partial charge >= 0.3 is 0 Å². The first-order valence-corrected chi connectivity index (χ1v) is 16.3. The second kappa shape index (κ2) is 11.6. The van der Waals surface area contributed by atoms with Crippen LogP contribution >= 0.6 is 0 Å². The maximum Gasteiger partial charge on any atom is 0.255 e. The fraction of sp³-hybridized carbons (Fsp3) is 0.444. The van der Waals surface area contributed by atoms with E-state index in [0.717, 1.165) is 79.6 Å². The van der Waals surface area contributed by atoms with E-state index in [-0.39, 0.29) is 24.8 Å². The van der Waals surface area contributed by atoms with Gasteiger partial charge in [-0.25, -0.2) is 4.98 Å². The van der Waals surface area contributed by atoms with Crippen LogP contribution in [0, 0.1) is 5.92 Å². The summed E-state index contributed by atoms with van der Waals surface area (Å²) in [4.78, 5) is 52.1. The number of anilines is 1. The number of pyridine rings is 1. The molecule has 4 aliphatic rings. The highest BCUT2D eigenvalue weighted by Gasteiger charge is 2.48. The minimum Gasteiger partial charge on any atom is -0.458 e. The molecule has 1 aromatic carbocycles. The maximum absolute atomic E-state index is 14.1. The zero-order chi connectivity index (χ0) is 31.3. The van der Waals surface area contributed by atoms with E-state index in [2.05, 4.69) is 34.7 Å². The molecule has 2 aromatic heterocycles. The zero-order valence-electron chi connectivity index (χ0n) is 26.2. The van der Waals surface area contributed by atoms with Gasteiger partial charge in [-0.2, -0.15) is 0 Å². The molecule has 1 atom stereocenters. The number of furan rings is 1. The van der Waals surface area contributed by atoms with Gasteiger partial charge in [0.25, 0.3) is 5.91 Å². The molecule has 1 unspecified atom stereocenters. The lowest BCUT2D eigenvalue weighted by Crippen LogP contribution is -2.51. The first-order chi connectivity index (χ1) is 21.8. The van der Waals surface area contributed by atoms with Gasteiger partial charge in [0, 0.05) is 51.8 Å². The molecule has 1 N–H and O–H groups in total. The van der Waals surface area contributed by atoms with Crippen molar-refractivity contribution in [2.75, 3.05) is 44.2 Å². The molecule has 3 amide bonds. The predicted octanol–water partition coefficient (Wildman–Crippen LogP) is 4.84. The highest BCUT2D eigenvalue weighted by molar-refractivity contribution is 6.06. The van der Waals surface area contributed by atoms with E-state index in [1.807, 2.05) is 31.2 Å². The van der Waals surface area contributed by atoms with Crippen LogP contribution in [0.5, 0.6) is 0 Å². The highest BCUT2D eigenvalue weighted by atomic mass is 16.3. The van der Waals surface area contributed by atoms with Crippen molar-refractivity contribution in [1.82, 2.24) is 20.1 Å². The van der Waals surface area contributed by atoms with Crippen LogP contribution in [0.25, 0.3) is 17.2 Å². The number of aryl methyl sites for hydroxylation is 1. The first-order valence-electron chi connectivity index (χ1n) is 16.3. The summed E-state index contributed by atoms with van der Waals surface area (Å²) in [7, 11) is 0. The number of carbonyl (C=O) groups excluding carboxylic acids is 3. The standard InChI is InChI=1S/C36H41N5O4/c1-4-27-25(9-8-24-6-7-24)10-11-26-21-41(34(43)33(26)27)22-36(20-23(3)18-32(42)38-35(36)44)30-19-28-29(45-30)12-13-31(37-28)40-16-14-39(5-2)15-17-40/h4,10-13,19-20,24H,1,5-9,14-18,21-22H2,2-3H3,(H,38,42,44). The third-order valence-electron chi connectivity index (χ3n) is 9.98. The van der Waals surface area contributed by atoms with E-state index in [0.29, 0.717) is 29.0 Å². The van der Waals surface area contributed by atoms with Gasteiger partial charge in [0.1, 0.15) is 22.5 Å².